The summed E-state index contributed by atoms with van der Waals surface area (Å²) in [5.41, 5.74) is 10.6. The summed E-state index contributed by atoms with van der Waals surface area (Å²) in [6, 6.07) is 0. The summed E-state index contributed by atoms with van der Waals surface area (Å²) in [4.78, 5) is 13.9. The molecule has 0 spiro atoms. The summed E-state index contributed by atoms with van der Waals surface area (Å²) in [6.45, 7) is 10.5. The number of nitrogens with one attached hydrogen (secondary N) is 1. The van der Waals surface area contributed by atoms with E-state index in [0.29, 0.717) is 6.54 Å². The highest BCUT2D eigenvalue weighted by Gasteiger charge is 2.27. The molecular formula is C16H35BrN4O2. The molecule has 1 atom stereocenters. The van der Waals surface area contributed by atoms with Gasteiger partial charge in [-0.15, -0.1) is 0 Å². The standard InChI is InChI=1S/C16H35BrN4O2/c1-16(2,3)23-15(22)14(17)21(13-7-9-19)12-5-4-10-20-11-6-8-18/h14,20H,4-13,18-19H2,1-3H3. The summed E-state index contributed by atoms with van der Waals surface area (Å²) in [6.07, 6.45) is 3.95. The maximum Gasteiger partial charge on any atom is 0.335 e. The van der Waals surface area contributed by atoms with E-state index in [1.807, 2.05) is 20.8 Å². The lowest BCUT2D eigenvalue weighted by Crippen LogP contribution is -2.42. The highest BCUT2D eigenvalue weighted by molar-refractivity contribution is 9.09. The van der Waals surface area contributed by atoms with Gasteiger partial charge in [0.25, 0.3) is 0 Å². The van der Waals surface area contributed by atoms with Crippen LogP contribution in [0.1, 0.15) is 46.5 Å². The van der Waals surface area contributed by atoms with Crippen LogP contribution in [-0.2, 0) is 9.53 Å². The minimum atomic E-state index is -0.477. The third-order valence-electron chi connectivity index (χ3n) is 3.18. The molecule has 7 heteroatoms. The van der Waals surface area contributed by atoms with Crippen molar-refractivity contribution in [2.75, 3.05) is 39.3 Å². The number of halogens is 1. The van der Waals surface area contributed by atoms with E-state index in [-0.39, 0.29) is 5.97 Å². The largest absolute Gasteiger partial charge is 0.458 e. The first-order valence-electron chi connectivity index (χ1n) is 8.53. The minimum Gasteiger partial charge on any atom is -0.458 e. The number of hydrogen-bond donors (Lipinski definition) is 3. The van der Waals surface area contributed by atoms with Crippen molar-refractivity contribution in [1.29, 1.82) is 0 Å². The fraction of sp³-hybridized carbons (Fsp3) is 0.938. The summed E-state index contributed by atoms with van der Waals surface area (Å²) in [5.74, 6) is -0.240. The van der Waals surface area contributed by atoms with Gasteiger partial charge in [-0.2, -0.15) is 0 Å². The fourth-order valence-electron chi connectivity index (χ4n) is 2.05. The summed E-state index contributed by atoms with van der Waals surface area (Å²) < 4.78 is 5.45. The molecule has 1 unspecified atom stereocenters. The van der Waals surface area contributed by atoms with Crippen LogP contribution >= 0.6 is 15.9 Å². The van der Waals surface area contributed by atoms with Crippen LogP contribution in [0.2, 0.25) is 0 Å². The Hall–Kier alpha value is -0.210. The van der Waals surface area contributed by atoms with Gasteiger partial charge in [-0.3, -0.25) is 4.90 Å². The molecule has 0 amide bonds. The van der Waals surface area contributed by atoms with Crippen LogP contribution in [0.5, 0.6) is 0 Å². The van der Waals surface area contributed by atoms with E-state index >= 15 is 0 Å². The van der Waals surface area contributed by atoms with Crippen molar-refractivity contribution in [2.45, 2.75) is 57.0 Å². The van der Waals surface area contributed by atoms with E-state index in [1.165, 1.54) is 0 Å². The highest BCUT2D eigenvalue weighted by Crippen LogP contribution is 2.16. The molecule has 0 saturated heterocycles. The molecule has 138 valence electrons. The number of rotatable bonds is 13. The zero-order valence-electron chi connectivity index (χ0n) is 14.9. The molecule has 0 heterocycles. The second kappa shape index (κ2) is 13.1. The Morgan fingerprint density at radius 1 is 1.09 bits per heavy atom. The fourth-order valence-corrected chi connectivity index (χ4v) is 2.55. The van der Waals surface area contributed by atoms with Gasteiger partial charge in [0.05, 0.1) is 0 Å². The SMILES string of the molecule is CC(C)(C)OC(=O)C(Br)N(CCCN)CCCCNCCCN. The van der Waals surface area contributed by atoms with E-state index in [4.69, 9.17) is 16.2 Å². The van der Waals surface area contributed by atoms with Gasteiger partial charge in [0, 0.05) is 6.54 Å². The van der Waals surface area contributed by atoms with Gasteiger partial charge in [-0.25, -0.2) is 4.79 Å². The van der Waals surface area contributed by atoms with Crippen molar-refractivity contribution in [3.63, 3.8) is 0 Å². The van der Waals surface area contributed by atoms with Gasteiger partial charge in [-0.05, 0) is 79.2 Å². The number of carbonyl (C=O) groups is 1. The predicted molar refractivity (Wildman–Crippen MR) is 99.6 cm³/mol. The summed E-state index contributed by atoms with van der Waals surface area (Å²) >= 11 is 3.48. The van der Waals surface area contributed by atoms with Crippen LogP contribution in [0.3, 0.4) is 0 Å². The molecule has 5 N–H and O–H groups in total. The molecule has 0 aromatic heterocycles. The topological polar surface area (TPSA) is 93.6 Å². The van der Waals surface area contributed by atoms with Crippen molar-refractivity contribution >= 4 is 21.9 Å². The Kier molecular flexibility index (Phi) is 13.0. The zero-order valence-corrected chi connectivity index (χ0v) is 16.5. The van der Waals surface area contributed by atoms with Gasteiger partial charge in [0.2, 0.25) is 0 Å². The molecular weight excluding hydrogens is 360 g/mol. The Balaban J connectivity index is 4.20. The number of unbranched alkanes of at least 4 members (excludes halogenated alkanes) is 1. The number of hydrogen-bond acceptors (Lipinski definition) is 6. The van der Waals surface area contributed by atoms with Crippen molar-refractivity contribution in [1.82, 2.24) is 10.2 Å². The third-order valence-corrected chi connectivity index (χ3v) is 4.13. The van der Waals surface area contributed by atoms with Gasteiger partial charge in [-0.1, -0.05) is 15.9 Å². The Labute approximate surface area is 149 Å². The van der Waals surface area contributed by atoms with E-state index in [0.717, 1.165) is 58.4 Å². The lowest BCUT2D eigenvalue weighted by atomic mass is 10.2. The molecule has 0 radical (unpaired) electrons. The van der Waals surface area contributed by atoms with Gasteiger partial charge >= 0.3 is 5.97 Å². The lowest BCUT2D eigenvalue weighted by Gasteiger charge is -2.29. The highest BCUT2D eigenvalue weighted by atomic mass is 79.9. The van der Waals surface area contributed by atoms with Gasteiger partial charge < -0.3 is 21.5 Å². The number of nitrogens with zero attached hydrogens (tertiary/aromatic N) is 1. The number of ether oxygens (including phenoxy) is 1. The Bertz CT molecular complexity index is 311. The van der Waals surface area contributed by atoms with Crippen LogP contribution in [0.15, 0.2) is 0 Å². The van der Waals surface area contributed by atoms with Crippen LogP contribution < -0.4 is 16.8 Å². The average Bonchev–Trinajstić information content (AvgIpc) is 2.47. The number of nitrogens with two attached hydrogens (primary N) is 2. The first kappa shape index (κ1) is 22.8. The monoisotopic (exact) mass is 394 g/mol. The van der Waals surface area contributed by atoms with Crippen molar-refractivity contribution < 1.29 is 9.53 Å². The molecule has 0 saturated carbocycles. The maximum atomic E-state index is 12.2. The van der Waals surface area contributed by atoms with Crippen molar-refractivity contribution in [3.8, 4) is 0 Å². The summed E-state index contributed by atoms with van der Waals surface area (Å²) in [7, 11) is 0. The van der Waals surface area contributed by atoms with Gasteiger partial charge in [0.15, 0.2) is 4.95 Å². The minimum absolute atomic E-state index is 0.240. The van der Waals surface area contributed by atoms with E-state index in [9.17, 15) is 4.79 Å². The quantitative estimate of drug-likeness (QED) is 0.189. The normalized spacial score (nSPS) is 13.3. The molecule has 0 aliphatic carbocycles. The Morgan fingerprint density at radius 2 is 1.65 bits per heavy atom. The van der Waals surface area contributed by atoms with Crippen LogP contribution in [-0.4, -0.2) is 60.7 Å². The van der Waals surface area contributed by atoms with E-state index in [2.05, 4.69) is 26.1 Å². The molecule has 6 nitrogen and oxygen atoms in total. The average molecular weight is 395 g/mol. The molecule has 23 heavy (non-hydrogen) atoms. The molecule has 0 aliphatic rings. The molecule has 0 aliphatic heterocycles. The molecule has 0 rings (SSSR count). The number of alkyl halides is 1. The Morgan fingerprint density at radius 3 is 2.22 bits per heavy atom. The molecule has 0 aromatic carbocycles. The summed E-state index contributed by atoms with van der Waals surface area (Å²) in [5, 5.41) is 3.36. The van der Waals surface area contributed by atoms with E-state index < -0.39 is 10.6 Å². The number of esters is 1. The molecule has 0 fully saturated rings. The predicted octanol–water partition coefficient (Wildman–Crippen LogP) is 1.42. The first-order chi connectivity index (χ1) is 10.8. The lowest BCUT2D eigenvalue weighted by molar-refractivity contribution is -0.157. The second-order valence-electron chi connectivity index (χ2n) is 6.65. The van der Waals surface area contributed by atoms with Crippen LogP contribution in [0, 0.1) is 0 Å². The maximum absolute atomic E-state index is 12.2. The smallest absolute Gasteiger partial charge is 0.335 e. The molecule has 0 bridgehead atoms. The molecule has 0 aromatic rings. The van der Waals surface area contributed by atoms with Crippen LogP contribution in [0.4, 0.5) is 0 Å². The van der Waals surface area contributed by atoms with Gasteiger partial charge in [0.1, 0.15) is 5.60 Å². The second-order valence-corrected chi connectivity index (χ2v) is 7.51. The van der Waals surface area contributed by atoms with Crippen molar-refractivity contribution in [2.24, 2.45) is 11.5 Å². The van der Waals surface area contributed by atoms with Crippen molar-refractivity contribution in [3.05, 3.63) is 0 Å². The third kappa shape index (κ3) is 12.8. The van der Waals surface area contributed by atoms with E-state index in [1.54, 1.807) is 0 Å². The zero-order chi connectivity index (χ0) is 17.7. The van der Waals surface area contributed by atoms with Crippen LogP contribution in [0.25, 0.3) is 0 Å². The first-order valence-corrected chi connectivity index (χ1v) is 9.45. The number of carbonyl (C=O) groups excluding carboxylic acids is 1.